The van der Waals surface area contributed by atoms with Gasteiger partial charge in [-0.15, -0.1) is 0 Å². The SMILES string of the molecule is CCC=C1CCCN(Cc2ccccc2)C1. The topological polar surface area (TPSA) is 3.24 Å². The maximum Gasteiger partial charge on any atom is 0.0237 e. The van der Waals surface area contributed by atoms with Crippen molar-refractivity contribution < 1.29 is 0 Å². The van der Waals surface area contributed by atoms with Gasteiger partial charge in [0.1, 0.15) is 0 Å². The fourth-order valence-corrected chi connectivity index (χ4v) is 2.41. The molecule has 0 bridgehead atoms. The molecular formula is C15H21N. The van der Waals surface area contributed by atoms with Gasteiger partial charge in [-0.3, -0.25) is 4.90 Å². The first kappa shape index (κ1) is 11.4. The second-order valence-corrected chi connectivity index (χ2v) is 4.57. The molecule has 1 heterocycles. The lowest BCUT2D eigenvalue weighted by Gasteiger charge is -2.28. The lowest BCUT2D eigenvalue weighted by molar-refractivity contribution is 0.257. The van der Waals surface area contributed by atoms with Crippen LogP contribution in [-0.2, 0) is 6.54 Å². The zero-order valence-electron chi connectivity index (χ0n) is 10.2. The van der Waals surface area contributed by atoms with Gasteiger partial charge in [-0.1, -0.05) is 48.9 Å². The predicted molar refractivity (Wildman–Crippen MR) is 69.3 cm³/mol. The van der Waals surface area contributed by atoms with Crippen molar-refractivity contribution in [1.29, 1.82) is 0 Å². The van der Waals surface area contributed by atoms with Gasteiger partial charge in [-0.25, -0.2) is 0 Å². The van der Waals surface area contributed by atoms with Crippen molar-refractivity contribution in [3.05, 3.63) is 47.5 Å². The molecule has 0 amide bonds. The summed E-state index contributed by atoms with van der Waals surface area (Å²) in [6.07, 6.45) is 6.20. The highest BCUT2D eigenvalue weighted by Crippen LogP contribution is 2.18. The third-order valence-corrected chi connectivity index (χ3v) is 3.14. The van der Waals surface area contributed by atoms with Gasteiger partial charge in [-0.2, -0.15) is 0 Å². The summed E-state index contributed by atoms with van der Waals surface area (Å²) in [6.45, 7) is 5.74. The van der Waals surface area contributed by atoms with E-state index in [1.165, 1.54) is 37.9 Å². The Balaban J connectivity index is 1.93. The van der Waals surface area contributed by atoms with E-state index in [9.17, 15) is 0 Å². The van der Waals surface area contributed by atoms with Gasteiger partial charge in [0.15, 0.2) is 0 Å². The normalized spacial score (nSPS) is 20.2. The van der Waals surface area contributed by atoms with E-state index in [2.05, 4.69) is 48.2 Å². The summed E-state index contributed by atoms with van der Waals surface area (Å²) in [7, 11) is 0. The number of hydrogen-bond acceptors (Lipinski definition) is 1. The molecule has 1 nitrogen and oxygen atoms in total. The van der Waals surface area contributed by atoms with E-state index < -0.39 is 0 Å². The Morgan fingerprint density at radius 3 is 2.81 bits per heavy atom. The van der Waals surface area contributed by atoms with Gasteiger partial charge in [0.05, 0.1) is 0 Å². The maximum absolute atomic E-state index is 2.56. The quantitative estimate of drug-likeness (QED) is 0.696. The lowest BCUT2D eigenvalue weighted by Crippen LogP contribution is -2.30. The summed E-state index contributed by atoms with van der Waals surface area (Å²) in [5, 5.41) is 0. The van der Waals surface area contributed by atoms with Crippen LogP contribution in [0.15, 0.2) is 42.0 Å². The van der Waals surface area contributed by atoms with Gasteiger partial charge in [0.25, 0.3) is 0 Å². The smallest absolute Gasteiger partial charge is 0.0237 e. The van der Waals surface area contributed by atoms with E-state index in [1.54, 1.807) is 5.57 Å². The molecule has 1 aliphatic rings. The van der Waals surface area contributed by atoms with Crippen molar-refractivity contribution in [3.8, 4) is 0 Å². The third-order valence-electron chi connectivity index (χ3n) is 3.14. The second-order valence-electron chi connectivity index (χ2n) is 4.57. The number of piperidine rings is 1. The van der Waals surface area contributed by atoms with E-state index in [0.29, 0.717) is 0 Å². The molecule has 1 fully saturated rings. The maximum atomic E-state index is 2.56. The van der Waals surface area contributed by atoms with Crippen LogP contribution in [0, 0.1) is 0 Å². The standard InChI is InChI=1S/C15H21N/c1-2-7-14-10-6-11-16(12-14)13-15-8-4-3-5-9-15/h3-5,7-9H,2,6,10-13H2,1H3. The predicted octanol–water partition coefficient (Wildman–Crippen LogP) is 3.62. The van der Waals surface area contributed by atoms with Gasteiger partial charge in [0, 0.05) is 13.1 Å². The molecule has 1 aromatic rings. The number of allylic oxidation sites excluding steroid dienone is 1. The molecule has 0 radical (unpaired) electrons. The molecule has 0 aliphatic carbocycles. The van der Waals surface area contributed by atoms with Crippen LogP contribution in [0.4, 0.5) is 0 Å². The summed E-state index contributed by atoms with van der Waals surface area (Å²) in [6, 6.07) is 10.8. The highest BCUT2D eigenvalue weighted by Gasteiger charge is 2.13. The van der Waals surface area contributed by atoms with Crippen molar-refractivity contribution in [1.82, 2.24) is 4.90 Å². The van der Waals surface area contributed by atoms with Crippen molar-refractivity contribution in [2.45, 2.75) is 32.7 Å². The minimum Gasteiger partial charge on any atom is -0.295 e. The van der Waals surface area contributed by atoms with Crippen molar-refractivity contribution in [2.24, 2.45) is 0 Å². The molecule has 1 aliphatic heterocycles. The highest BCUT2D eigenvalue weighted by molar-refractivity contribution is 5.15. The second kappa shape index (κ2) is 5.86. The molecule has 16 heavy (non-hydrogen) atoms. The lowest BCUT2D eigenvalue weighted by atomic mass is 10.0. The van der Waals surface area contributed by atoms with Gasteiger partial charge >= 0.3 is 0 Å². The molecule has 2 rings (SSSR count). The van der Waals surface area contributed by atoms with Gasteiger partial charge < -0.3 is 0 Å². The molecule has 0 spiro atoms. The molecule has 0 saturated carbocycles. The summed E-state index contributed by atoms with van der Waals surface area (Å²) in [5.74, 6) is 0. The fraction of sp³-hybridized carbons (Fsp3) is 0.467. The fourth-order valence-electron chi connectivity index (χ4n) is 2.41. The number of hydrogen-bond donors (Lipinski definition) is 0. The number of rotatable bonds is 3. The van der Waals surface area contributed by atoms with E-state index >= 15 is 0 Å². The Bertz CT molecular complexity index is 340. The number of likely N-dealkylation sites (tertiary alicyclic amines) is 1. The largest absolute Gasteiger partial charge is 0.295 e. The molecule has 86 valence electrons. The minimum atomic E-state index is 1.10. The van der Waals surface area contributed by atoms with E-state index in [1.807, 2.05) is 0 Å². The Kier molecular flexibility index (Phi) is 4.17. The van der Waals surface area contributed by atoms with Crippen LogP contribution in [0.1, 0.15) is 31.7 Å². The molecule has 1 saturated heterocycles. The first-order chi connectivity index (χ1) is 7.88. The summed E-state index contributed by atoms with van der Waals surface area (Å²) in [4.78, 5) is 2.56. The van der Waals surface area contributed by atoms with E-state index in [-0.39, 0.29) is 0 Å². The molecular weight excluding hydrogens is 194 g/mol. The third kappa shape index (κ3) is 3.21. The van der Waals surface area contributed by atoms with E-state index in [0.717, 1.165) is 6.54 Å². The molecule has 1 aromatic carbocycles. The average Bonchev–Trinajstić information content (AvgIpc) is 2.31. The van der Waals surface area contributed by atoms with Crippen LogP contribution >= 0.6 is 0 Å². The average molecular weight is 215 g/mol. The molecule has 0 unspecified atom stereocenters. The zero-order chi connectivity index (χ0) is 11.2. The molecule has 1 heteroatoms. The molecule has 0 N–H and O–H groups in total. The van der Waals surface area contributed by atoms with Crippen molar-refractivity contribution >= 4 is 0 Å². The van der Waals surface area contributed by atoms with Crippen molar-refractivity contribution in [3.63, 3.8) is 0 Å². The minimum absolute atomic E-state index is 1.10. The van der Waals surface area contributed by atoms with Crippen LogP contribution in [-0.4, -0.2) is 18.0 Å². The van der Waals surface area contributed by atoms with Crippen LogP contribution in [0.3, 0.4) is 0 Å². The Hall–Kier alpha value is -1.08. The Morgan fingerprint density at radius 2 is 2.06 bits per heavy atom. The van der Waals surface area contributed by atoms with E-state index in [4.69, 9.17) is 0 Å². The summed E-state index contributed by atoms with van der Waals surface area (Å²) >= 11 is 0. The van der Waals surface area contributed by atoms with Gasteiger partial charge in [0.2, 0.25) is 0 Å². The molecule has 0 atom stereocenters. The first-order valence-electron chi connectivity index (χ1n) is 6.32. The van der Waals surface area contributed by atoms with Gasteiger partial charge in [-0.05, 0) is 31.4 Å². The number of nitrogens with zero attached hydrogens (tertiary/aromatic N) is 1. The monoisotopic (exact) mass is 215 g/mol. The molecule has 0 aromatic heterocycles. The Labute approximate surface area is 98.8 Å². The van der Waals surface area contributed by atoms with Crippen LogP contribution in [0.25, 0.3) is 0 Å². The van der Waals surface area contributed by atoms with Crippen molar-refractivity contribution in [2.75, 3.05) is 13.1 Å². The zero-order valence-corrected chi connectivity index (χ0v) is 10.2. The highest BCUT2D eigenvalue weighted by atomic mass is 15.1. The summed E-state index contributed by atoms with van der Waals surface area (Å²) in [5.41, 5.74) is 3.06. The van der Waals surface area contributed by atoms with Crippen LogP contribution in [0.2, 0.25) is 0 Å². The number of benzene rings is 1. The van der Waals surface area contributed by atoms with Crippen LogP contribution < -0.4 is 0 Å². The first-order valence-corrected chi connectivity index (χ1v) is 6.32. The van der Waals surface area contributed by atoms with Crippen LogP contribution in [0.5, 0.6) is 0 Å². The Morgan fingerprint density at radius 1 is 1.25 bits per heavy atom. The summed E-state index contributed by atoms with van der Waals surface area (Å²) < 4.78 is 0.